The molecule has 0 aliphatic heterocycles. The molecular weight excluding hydrogens is 231 g/mol. The zero-order valence-corrected chi connectivity index (χ0v) is 10.8. The normalized spacial score (nSPS) is 16.9. The van der Waals surface area contributed by atoms with E-state index in [1.165, 1.54) is 6.07 Å². The Morgan fingerprint density at radius 2 is 1.94 bits per heavy atom. The van der Waals surface area contributed by atoms with Crippen LogP contribution < -0.4 is 0 Å². The average Bonchev–Trinajstić information content (AvgIpc) is 3.08. The van der Waals surface area contributed by atoms with Crippen LogP contribution in [0.25, 0.3) is 0 Å². The van der Waals surface area contributed by atoms with Crippen LogP contribution in [0.1, 0.15) is 56.1 Å². The second-order valence-corrected chi connectivity index (χ2v) is 5.51. The van der Waals surface area contributed by atoms with E-state index in [9.17, 15) is 9.18 Å². The number of halogens is 1. The predicted molar refractivity (Wildman–Crippen MR) is 68.2 cm³/mol. The maximum Gasteiger partial charge on any atom is 0.303 e. The third-order valence-corrected chi connectivity index (χ3v) is 3.62. The minimum Gasteiger partial charge on any atom is -0.481 e. The summed E-state index contributed by atoms with van der Waals surface area (Å²) in [7, 11) is 0. The van der Waals surface area contributed by atoms with Crippen LogP contribution in [-0.4, -0.2) is 11.1 Å². The standard InChI is InChI=1S/C15H19FO2/c1-9(2)11-5-12(7-13(16)6-11)14(8-15(17)18)10-3-4-10/h5-7,9-10,14H,3-4,8H2,1-2H3,(H,17,18). The minimum absolute atomic E-state index is 0.0318. The molecule has 3 heteroatoms. The quantitative estimate of drug-likeness (QED) is 0.860. The molecule has 18 heavy (non-hydrogen) atoms. The van der Waals surface area contributed by atoms with E-state index in [0.29, 0.717) is 5.92 Å². The van der Waals surface area contributed by atoms with E-state index in [-0.39, 0.29) is 24.1 Å². The van der Waals surface area contributed by atoms with E-state index in [2.05, 4.69) is 0 Å². The molecule has 0 spiro atoms. The number of rotatable bonds is 5. The second kappa shape index (κ2) is 5.09. The second-order valence-electron chi connectivity index (χ2n) is 5.51. The van der Waals surface area contributed by atoms with Gasteiger partial charge in [-0.3, -0.25) is 4.79 Å². The molecule has 98 valence electrons. The van der Waals surface area contributed by atoms with Crippen LogP contribution in [-0.2, 0) is 4.79 Å². The number of carbonyl (C=O) groups is 1. The van der Waals surface area contributed by atoms with Crippen molar-refractivity contribution in [2.75, 3.05) is 0 Å². The molecule has 1 aliphatic carbocycles. The Morgan fingerprint density at radius 1 is 1.33 bits per heavy atom. The van der Waals surface area contributed by atoms with Gasteiger partial charge in [0.15, 0.2) is 0 Å². The summed E-state index contributed by atoms with van der Waals surface area (Å²) < 4.78 is 13.6. The third-order valence-electron chi connectivity index (χ3n) is 3.62. The smallest absolute Gasteiger partial charge is 0.303 e. The van der Waals surface area contributed by atoms with Crippen LogP contribution >= 0.6 is 0 Å². The van der Waals surface area contributed by atoms with Crippen LogP contribution in [0.2, 0.25) is 0 Å². The number of carboxylic acids is 1. The van der Waals surface area contributed by atoms with Crippen LogP contribution in [0.4, 0.5) is 4.39 Å². The molecule has 0 saturated heterocycles. The van der Waals surface area contributed by atoms with E-state index in [0.717, 1.165) is 24.0 Å². The predicted octanol–water partition coefficient (Wildman–Crippen LogP) is 3.92. The van der Waals surface area contributed by atoms with Crippen molar-refractivity contribution < 1.29 is 14.3 Å². The van der Waals surface area contributed by atoms with Gasteiger partial charge in [0.1, 0.15) is 5.82 Å². The van der Waals surface area contributed by atoms with E-state index in [4.69, 9.17) is 5.11 Å². The molecule has 1 aromatic carbocycles. The molecule has 1 unspecified atom stereocenters. The van der Waals surface area contributed by atoms with Crippen LogP contribution in [0.15, 0.2) is 18.2 Å². The van der Waals surface area contributed by atoms with Crippen molar-refractivity contribution in [1.29, 1.82) is 0 Å². The van der Waals surface area contributed by atoms with Gasteiger partial charge in [-0.05, 0) is 53.9 Å². The summed E-state index contributed by atoms with van der Waals surface area (Å²) in [6, 6.07) is 5.01. The zero-order chi connectivity index (χ0) is 13.3. The van der Waals surface area contributed by atoms with E-state index in [1.54, 1.807) is 6.07 Å². The summed E-state index contributed by atoms with van der Waals surface area (Å²) >= 11 is 0. The summed E-state index contributed by atoms with van der Waals surface area (Å²) in [5, 5.41) is 8.98. The highest BCUT2D eigenvalue weighted by Gasteiger charge is 2.34. The van der Waals surface area contributed by atoms with Crippen molar-refractivity contribution in [3.05, 3.63) is 35.1 Å². The van der Waals surface area contributed by atoms with Gasteiger partial charge in [0.25, 0.3) is 0 Å². The Balaban J connectivity index is 2.31. The molecule has 0 heterocycles. The molecule has 0 aromatic heterocycles. The summed E-state index contributed by atoms with van der Waals surface area (Å²) in [4.78, 5) is 10.9. The highest BCUT2D eigenvalue weighted by Crippen LogP contribution is 2.45. The lowest BCUT2D eigenvalue weighted by atomic mass is 9.88. The fraction of sp³-hybridized carbons (Fsp3) is 0.533. The van der Waals surface area contributed by atoms with Crippen molar-refractivity contribution in [3.63, 3.8) is 0 Å². The molecule has 1 N–H and O–H groups in total. The van der Waals surface area contributed by atoms with Gasteiger partial charge in [-0.2, -0.15) is 0 Å². The fourth-order valence-electron chi connectivity index (χ4n) is 2.43. The summed E-state index contributed by atoms with van der Waals surface area (Å²) in [6.45, 7) is 4.03. The van der Waals surface area contributed by atoms with Crippen molar-refractivity contribution in [2.24, 2.45) is 5.92 Å². The summed E-state index contributed by atoms with van der Waals surface area (Å²) in [5.74, 6) is -0.419. The van der Waals surface area contributed by atoms with Gasteiger partial charge in [-0.15, -0.1) is 0 Å². The van der Waals surface area contributed by atoms with E-state index < -0.39 is 5.97 Å². The maximum absolute atomic E-state index is 13.6. The number of hydrogen-bond donors (Lipinski definition) is 1. The number of benzene rings is 1. The van der Waals surface area contributed by atoms with Gasteiger partial charge < -0.3 is 5.11 Å². The van der Waals surface area contributed by atoms with E-state index >= 15 is 0 Å². The maximum atomic E-state index is 13.6. The Labute approximate surface area is 107 Å². The lowest BCUT2D eigenvalue weighted by molar-refractivity contribution is -0.137. The first-order valence-electron chi connectivity index (χ1n) is 6.49. The molecule has 0 radical (unpaired) electrons. The van der Waals surface area contributed by atoms with Gasteiger partial charge in [-0.1, -0.05) is 19.9 Å². The fourth-order valence-corrected chi connectivity index (χ4v) is 2.43. The topological polar surface area (TPSA) is 37.3 Å². The Bertz CT molecular complexity index is 450. The van der Waals surface area contributed by atoms with Crippen LogP contribution in [0, 0.1) is 11.7 Å². The summed E-state index contributed by atoms with van der Waals surface area (Å²) in [5.41, 5.74) is 1.80. The van der Waals surface area contributed by atoms with Crippen molar-refractivity contribution in [3.8, 4) is 0 Å². The Hall–Kier alpha value is -1.38. The molecule has 2 rings (SSSR count). The SMILES string of the molecule is CC(C)c1cc(F)cc(C(CC(=O)O)C2CC2)c1. The molecule has 0 bridgehead atoms. The lowest BCUT2D eigenvalue weighted by Crippen LogP contribution is -2.09. The van der Waals surface area contributed by atoms with E-state index in [1.807, 2.05) is 19.9 Å². The number of hydrogen-bond acceptors (Lipinski definition) is 1. The first-order valence-corrected chi connectivity index (χ1v) is 6.49. The highest BCUT2D eigenvalue weighted by molar-refractivity contribution is 5.68. The van der Waals surface area contributed by atoms with Gasteiger partial charge in [-0.25, -0.2) is 4.39 Å². The van der Waals surface area contributed by atoms with Gasteiger partial charge in [0.05, 0.1) is 6.42 Å². The molecule has 0 amide bonds. The van der Waals surface area contributed by atoms with Crippen molar-refractivity contribution >= 4 is 5.97 Å². The first-order chi connectivity index (χ1) is 8.47. The Morgan fingerprint density at radius 3 is 2.44 bits per heavy atom. The lowest BCUT2D eigenvalue weighted by Gasteiger charge is -2.17. The molecular formula is C15H19FO2. The highest BCUT2D eigenvalue weighted by atomic mass is 19.1. The average molecular weight is 250 g/mol. The third kappa shape index (κ3) is 3.09. The Kier molecular flexibility index (Phi) is 3.69. The van der Waals surface area contributed by atoms with Gasteiger partial charge >= 0.3 is 5.97 Å². The van der Waals surface area contributed by atoms with Crippen molar-refractivity contribution in [2.45, 2.75) is 44.9 Å². The first kappa shape index (κ1) is 13.1. The molecule has 1 fully saturated rings. The largest absolute Gasteiger partial charge is 0.481 e. The number of carboxylic acid groups (broad SMARTS) is 1. The molecule has 1 aromatic rings. The van der Waals surface area contributed by atoms with Crippen LogP contribution in [0.5, 0.6) is 0 Å². The molecule has 1 atom stereocenters. The zero-order valence-electron chi connectivity index (χ0n) is 10.8. The van der Waals surface area contributed by atoms with Crippen LogP contribution in [0.3, 0.4) is 0 Å². The van der Waals surface area contributed by atoms with Gasteiger partial charge in [0.2, 0.25) is 0 Å². The molecule has 1 aliphatic rings. The summed E-state index contributed by atoms with van der Waals surface area (Å²) in [6.07, 6.45) is 2.22. The van der Waals surface area contributed by atoms with Crippen molar-refractivity contribution in [1.82, 2.24) is 0 Å². The van der Waals surface area contributed by atoms with Gasteiger partial charge in [0, 0.05) is 0 Å². The number of aliphatic carboxylic acids is 1. The molecule has 2 nitrogen and oxygen atoms in total. The minimum atomic E-state index is -0.803. The monoisotopic (exact) mass is 250 g/mol. The molecule has 1 saturated carbocycles.